The summed E-state index contributed by atoms with van der Waals surface area (Å²) in [5, 5.41) is 8.35. The summed E-state index contributed by atoms with van der Waals surface area (Å²) < 4.78 is 5.59. The van der Waals surface area contributed by atoms with Crippen molar-refractivity contribution in [2.75, 3.05) is 13.6 Å². The summed E-state index contributed by atoms with van der Waals surface area (Å²) in [5.41, 5.74) is 0.886. The fourth-order valence-electron chi connectivity index (χ4n) is 1.98. The Morgan fingerprint density at radius 1 is 1.32 bits per heavy atom. The molecule has 98 valence electrons. The highest BCUT2D eigenvalue weighted by molar-refractivity contribution is 8.00. The molecular formula is C13H13N3O2S. The summed E-state index contributed by atoms with van der Waals surface area (Å²) in [7, 11) is 1.81. The molecule has 6 heteroatoms. The van der Waals surface area contributed by atoms with Crippen LogP contribution in [0.1, 0.15) is 6.42 Å². The Bertz CT molecular complexity index is 585. The highest BCUT2D eigenvalue weighted by Crippen LogP contribution is 2.30. The number of amides is 1. The largest absolute Gasteiger partial charge is 0.411 e. The van der Waals surface area contributed by atoms with Gasteiger partial charge < -0.3 is 9.32 Å². The van der Waals surface area contributed by atoms with Crippen LogP contribution in [0.25, 0.3) is 11.5 Å². The van der Waals surface area contributed by atoms with Crippen molar-refractivity contribution in [1.82, 2.24) is 15.1 Å². The number of thioether (sulfide) groups is 1. The van der Waals surface area contributed by atoms with Crippen LogP contribution in [-0.4, -0.2) is 39.8 Å². The van der Waals surface area contributed by atoms with Gasteiger partial charge in [0.1, 0.15) is 0 Å². The van der Waals surface area contributed by atoms with Crippen LogP contribution in [0.15, 0.2) is 40.0 Å². The predicted molar refractivity (Wildman–Crippen MR) is 71.6 cm³/mol. The fourth-order valence-corrected chi connectivity index (χ4v) is 2.94. The molecule has 2 heterocycles. The number of hydrogen-bond donors (Lipinski definition) is 0. The second-order valence-electron chi connectivity index (χ2n) is 4.39. The van der Waals surface area contributed by atoms with E-state index in [9.17, 15) is 4.79 Å². The van der Waals surface area contributed by atoms with Crippen molar-refractivity contribution in [3.63, 3.8) is 0 Å². The molecule has 0 N–H and O–H groups in total. The van der Waals surface area contributed by atoms with Crippen LogP contribution in [0.4, 0.5) is 0 Å². The van der Waals surface area contributed by atoms with Gasteiger partial charge in [-0.3, -0.25) is 4.79 Å². The van der Waals surface area contributed by atoms with E-state index in [1.54, 1.807) is 4.90 Å². The molecule has 1 fully saturated rings. The number of carbonyl (C=O) groups is 1. The van der Waals surface area contributed by atoms with Crippen molar-refractivity contribution in [3.8, 4) is 11.5 Å². The molecule has 0 bridgehead atoms. The van der Waals surface area contributed by atoms with Gasteiger partial charge in [-0.2, -0.15) is 0 Å². The molecular weight excluding hydrogens is 262 g/mol. The number of aromatic nitrogens is 2. The predicted octanol–water partition coefficient (Wildman–Crippen LogP) is 2.06. The summed E-state index contributed by atoms with van der Waals surface area (Å²) in [6.45, 7) is 0.788. The third-order valence-corrected chi connectivity index (χ3v) is 4.14. The molecule has 1 aromatic carbocycles. The van der Waals surface area contributed by atoms with Gasteiger partial charge >= 0.3 is 0 Å². The van der Waals surface area contributed by atoms with E-state index in [0.29, 0.717) is 11.1 Å². The molecule has 0 saturated carbocycles. The van der Waals surface area contributed by atoms with Crippen LogP contribution < -0.4 is 0 Å². The Kier molecular flexibility index (Phi) is 3.25. The second kappa shape index (κ2) is 5.05. The van der Waals surface area contributed by atoms with Crippen LogP contribution in [0.2, 0.25) is 0 Å². The van der Waals surface area contributed by atoms with E-state index in [0.717, 1.165) is 18.5 Å². The summed E-state index contributed by atoms with van der Waals surface area (Å²) in [6, 6.07) is 9.60. The monoisotopic (exact) mass is 275 g/mol. The number of hydrogen-bond acceptors (Lipinski definition) is 5. The van der Waals surface area contributed by atoms with Crippen molar-refractivity contribution in [2.24, 2.45) is 0 Å². The minimum absolute atomic E-state index is 0.103. The Labute approximate surface area is 115 Å². The molecule has 1 unspecified atom stereocenters. The second-order valence-corrected chi connectivity index (χ2v) is 5.55. The molecule has 2 aromatic rings. The van der Waals surface area contributed by atoms with Crippen molar-refractivity contribution < 1.29 is 9.21 Å². The summed E-state index contributed by atoms with van der Waals surface area (Å²) in [6.07, 6.45) is 0.822. The van der Waals surface area contributed by atoms with Gasteiger partial charge in [0, 0.05) is 19.2 Å². The average molecular weight is 275 g/mol. The number of rotatable bonds is 3. The fraction of sp³-hybridized carbons (Fsp3) is 0.308. The molecule has 1 aliphatic rings. The highest BCUT2D eigenvalue weighted by Gasteiger charge is 2.31. The van der Waals surface area contributed by atoms with E-state index in [1.807, 2.05) is 37.4 Å². The first-order valence-electron chi connectivity index (χ1n) is 6.04. The molecule has 1 aliphatic heterocycles. The highest BCUT2D eigenvalue weighted by atomic mass is 32.2. The quantitative estimate of drug-likeness (QED) is 0.858. The normalized spacial score (nSPS) is 19.1. The topological polar surface area (TPSA) is 59.2 Å². The van der Waals surface area contributed by atoms with Crippen LogP contribution >= 0.6 is 11.8 Å². The lowest BCUT2D eigenvalue weighted by atomic mass is 10.2. The molecule has 1 saturated heterocycles. The van der Waals surface area contributed by atoms with E-state index in [2.05, 4.69) is 10.2 Å². The first kappa shape index (κ1) is 12.2. The van der Waals surface area contributed by atoms with E-state index >= 15 is 0 Å². The summed E-state index contributed by atoms with van der Waals surface area (Å²) in [4.78, 5) is 13.5. The third-order valence-electron chi connectivity index (χ3n) is 3.05. The zero-order valence-corrected chi connectivity index (χ0v) is 11.3. The first-order valence-corrected chi connectivity index (χ1v) is 6.92. The summed E-state index contributed by atoms with van der Waals surface area (Å²) >= 11 is 1.35. The van der Waals surface area contributed by atoms with E-state index < -0.39 is 0 Å². The zero-order valence-electron chi connectivity index (χ0n) is 10.4. The van der Waals surface area contributed by atoms with Crippen LogP contribution in [0.3, 0.4) is 0 Å². The number of likely N-dealkylation sites (tertiary alicyclic amines) is 1. The Hall–Kier alpha value is -1.82. The van der Waals surface area contributed by atoms with Crippen molar-refractivity contribution in [3.05, 3.63) is 30.3 Å². The SMILES string of the molecule is CN1CCC(Sc2nnc(-c3ccccc3)o2)C1=O. The lowest BCUT2D eigenvalue weighted by molar-refractivity contribution is -0.126. The van der Waals surface area contributed by atoms with Gasteiger partial charge in [-0.1, -0.05) is 30.0 Å². The molecule has 3 rings (SSSR count). The lowest BCUT2D eigenvalue weighted by Crippen LogP contribution is -2.23. The molecule has 0 aliphatic carbocycles. The Morgan fingerprint density at radius 2 is 2.11 bits per heavy atom. The van der Waals surface area contributed by atoms with E-state index in [-0.39, 0.29) is 11.2 Å². The lowest BCUT2D eigenvalue weighted by Gasteiger charge is -2.07. The van der Waals surface area contributed by atoms with E-state index in [1.165, 1.54) is 11.8 Å². The minimum atomic E-state index is -0.103. The molecule has 0 radical (unpaired) electrons. The maximum Gasteiger partial charge on any atom is 0.277 e. The first-order chi connectivity index (χ1) is 9.24. The molecule has 1 amide bonds. The number of carbonyl (C=O) groups excluding carboxylic acids is 1. The van der Waals surface area contributed by atoms with Crippen LogP contribution in [-0.2, 0) is 4.79 Å². The van der Waals surface area contributed by atoms with Crippen molar-refractivity contribution in [2.45, 2.75) is 16.9 Å². The van der Waals surface area contributed by atoms with Gasteiger partial charge in [-0.15, -0.1) is 10.2 Å². The van der Waals surface area contributed by atoms with Gasteiger partial charge in [0.15, 0.2) is 0 Å². The molecule has 0 spiro atoms. The maximum atomic E-state index is 11.8. The summed E-state index contributed by atoms with van der Waals surface area (Å²) in [5.74, 6) is 0.617. The molecule has 1 atom stereocenters. The number of benzene rings is 1. The van der Waals surface area contributed by atoms with Gasteiger partial charge in [0.25, 0.3) is 5.22 Å². The molecule has 5 nitrogen and oxygen atoms in total. The zero-order chi connectivity index (χ0) is 13.2. The van der Waals surface area contributed by atoms with Gasteiger partial charge in [-0.05, 0) is 18.6 Å². The van der Waals surface area contributed by atoms with Crippen LogP contribution in [0, 0.1) is 0 Å². The van der Waals surface area contributed by atoms with Gasteiger partial charge in [0.05, 0.1) is 5.25 Å². The smallest absolute Gasteiger partial charge is 0.277 e. The third kappa shape index (κ3) is 2.49. The van der Waals surface area contributed by atoms with Crippen LogP contribution in [0.5, 0.6) is 0 Å². The van der Waals surface area contributed by atoms with Crippen molar-refractivity contribution in [1.29, 1.82) is 0 Å². The van der Waals surface area contributed by atoms with E-state index in [4.69, 9.17) is 4.42 Å². The van der Waals surface area contributed by atoms with Gasteiger partial charge in [0.2, 0.25) is 11.8 Å². The molecule has 1 aromatic heterocycles. The molecule has 19 heavy (non-hydrogen) atoms. The Morgan fingerprint density at radius 3 is 2.79 bits per heavy atom. The average Bonchev–Trinajstić information content (AvgIpc) is 3.02. The minimum Gasteiger partial charge on any atom is -0.411 e. The maximum absolute atomic E-state index is 11.8. The Balaban J connectivity index is 1.74. The van der Waals surface area contributed by atoms with Crippen molar-refractivity contribution >= 4 is 17.7 Å². The van der Waals surface area contributed by atoms with Gasteiger partial charge in [-0.25, -0.2) is 0 Å². The number of nitrogens with zero attached hydrogens (tertiary/aromatic N) is 3. The standard InChI is InChI=1S/C13H13N3O2S/c1-16-8-7-10(12(16)17)19-13-15-14-11(18-13)9-5-3-2-4-6-9/h2-6,10H,7-8H2,1H3.